The van der Waals surface area contributed by atoms with E-state index >= 15 is 0 Å². The van der Waals surface area contributed by atoms with Crippen molar-refractivity contribution in [2.45, 2.75) is 52.7 Å². The Hall–Kier alpha value is -0.380. The zero-order chi connectivity index (χ0) is 14.5. The Morgan fingerprint density at radius 2 is 2.15 bits per heavy atom. The first-order valence-electron chi connectivity index (χ1n) is 7.82. The number of nitrogens with one attached hydrogen (secondary N) is 1. The molecule has 1 saturated heterocycles. The van der Waals surface area contributed by atoms with Gasteiger partial charge in [-0.05, 0) is 56.0 Å². The van der Waals surface area contributed by atoms with Gasteiger partial charge in [0.15, 0.2) is 0 Å². The topological polar surface area (TPSA) is 15.3 Å². The summed E-state index contributed by atoms with van der Waals surface area (Å²) < 4.78 is 1.25. The normalized spacial score (nSPS) is 24.0. The van der Waals surface area contributed by atoms with Crippen molar-refractivity contribution in [1.29, 1.82) is 0 Å². The summed E-state index contributed by atoms with van der Waals surface area (Å²) >= 11 is 3.74. The van der Waals surface area contributed by atoms with Crippen LogP contribution in [0.15, 0.2) is 22.7 Å². The lowest BCUT2D eigenvalue weighted by atomic mass is 9.93. The Morgan fingerprint density at radius 3 is 2.80 bits per heavy atom. The SMILES string of the molecule is CCNCc1ccc(CN2CCC(C)CC2C)c(Br)c1. The van der Waals surface area contributed by atoms with Gasteiger partial charge in [-0.15, -0.1) is 0 Å². The summed E-state index contributed by atoms with van der Waals surface area (Å²) in [5.41, 5.74) is 2.76. The number of hydrogen-bond donors (Lipinski definition) is 1. The highest BCUT2D eigenvalue weighted by Gasteiger charge is 2.23. The van der Waals surface area contributed by atoms with Crippen molar-refractivity contribution in [1.82, 2.24) is 10.2 Å². The zero-order valence-electron chi connectivity index (χ0n) is 13.0. The molecular formula is C17H27BrN2. The second-order valence-corrected chi connectivity index (χ2v) is 7.01. The molecule has 2 nitrogen and oxygen atoms in total. The van der Waals surface area contributed by atoms with Gasteiger partial charge in [-0.25, -0.2) is 0 Å². The monoisotopic (exact) mass is 338 g/mol. The van der Waals surface area contributed by atoms with Gasteiger partial charge in [-0.2, -0.15) is 0 Å². The zero-order valence-corrected chi connectivity index (χ0v) is 14.5. The summed E-state index contributed by atoms with van der Waals surface area (Å²) in [4.78, 5) is 2.62. The van der Waals surface area contributed by atoms with Crippen LogP contribution in [-0.2, 0) is 13.1 Å². The average Bonchev–Trinajstić information content (AvgIpc) is 2.42. The molecular weight excluding hydrogens is 312 g/mol. The van der Waals surface area contributed by atoms with Crippen molar-refractivity contribution >= 4 is 15.9 Å². The Morgan fingerprint density at radius 1 is 1.35 bits per heavy atom. The Balaban J connectivity index is 1.99. The lowest BCUT2D eigenvalue weighted by Crippen LogP contribution is -2.39. The van der Waals surface area contributed by atoms with Gasteiger partial charge >= 0.3 is 0 Å². The van der Waals surface area contributed by atoms with E-state index in [1.165, 1.54) is 35.0 Å². The molecule has 2 unspecified atom stereocenters. The summed E-state index contributed by atoms with van der Waals surface area (Å²) in [6, 6.07) is 7.49. The molecule has 0 bridgehead atoms. The highest BCUT2D eigenvalue weighted by molar-refractivity contribution is 9.10. The first-order valence-corrected chi connectivity index (χ1v) is 8.61. The van der Waals surface area contributed by atoms with Crippen molar-refractivity contribution in [3.63, 3.8) is 0 Å². The van der Waals surface area contributed by atoms with E-state index in [2.05, 4.69) is 65.1 Å². The Bertz CT molecular complexity index is 433. The molecule has 1 N–H and O–H groups in total. The summed E-state index contributed by atoms with van der Waals surface area (Å²) in [5, 5.41) is 3.37. The van der Waals surface area contributed by atoms with Crippen LogP contribution < -0.4 is 5.32 Å². The van der Waals surface area contributed by atoms with Gasteiger partial charge in [0, 0.05) is 23.6 Å². The van der Waals surface area contributed by atoms with Crippen LogP contribution in [-0.4, -0.2) is 24.0 Å². The van der Waals surface area contributed by atoms with Crippen LogP contribution in [0.3, 0.4) is 0 Å². The van der Waals surface area contributed by atoms with Gasteiger partial charge in [-0.1, -0.05) is 41.9 Å². The summed E-state index contributed by atoms with van der Waals surface area (Å²) in [7, 11) is 0. The second-order valence-electron chi connectivity index (χ2n) is 6.16. The largest absolute Gasteiger partial charge is 0.313 e. The molecule has 0 spiro atoms. The minimum atomic E-state index is 0.701. The molecule has 0 aliphatic carbocycles. The van der Waals surface area contributed by atoms with E-state index in [1.807, 2.05) is 0 Å². The third-order valence-electron chi connectivity index (χ3n) is 4.35. The van der Waals surface area contributed by atoms with E-state index in [0.717, 1.165) is 25.6 Å². The van der Waals surface area contributed by atoms with Gasteiger partial charge in [0.05, 0.1) is 0 Å². The minimum Gasteiger partial charge on any atom is -0.313 e. The molecule has 1 fully saturated rings. The number of benzene rings is 1. The molecule has 3 heteroatoms. The molecule has 0 aromatic heterocycles. The summed E-state index contributed by atoms with van der Waals surface area (Å²) in [5.74, 6) is 0.882. The van der Waals surface area contributed by atoms with E-state index < -0.39 is 0 Å². The van der Waals surface area contributed by atoms with Gasteiger partial charge in [0.25, 0.3) is 0 Å². The Labute approximate surface area is 132 Å². The highest BCUT2D eigenvalue weighted by atomic mass is 79.9. The predicted octanol–water partition coefficient (Wildman–Crippen LogP) is 4.18. The van der Waals surface area contributed by atoms with Crippen molar-refractivity contribution in [2.24, 2.45) is 5.92 Å². The third kappa shape index (κ3) is 4.31. The number of hydrogen-bond acceptors (Lipinski definition) is 2. The van der Waals surface area contributed by atoms with Gasteiger partial charge in [0.1, 0.15) is 0 Å². The van der Waals surface area contributed by atoms with Crippen LogP contribution >= 0.6 is 15.9 Å². The fourth-order valence-corrected chi connectivity index (χ4v) is 3.56. The third-order valence-corrected chi connectivity index (χ3v) is 5.08. The van der Waals surface area contributed by atoms with Crippen molar-refractivity contribution < 1.29 is 0 Å². The summed E-state index contributed by atoms with van der Waals surface area (Å²) in [6.45, 7) is 11.1. The number of rotatable bonds is 5. The quantitative estimate of drug-likeness (QED) is 0.866. The molecule has 2 atom stereocenters. The molecule has 2 rings (SSSR count). The maximum atomic E-state index is 3.74. The van der Waals surface area contributed by atoms with Crippen molar-refractivity contribution in [3.05, 3.63) is 33.8 Å². The van der Waals surface area contributed by atoms with Gasteiger partial charge in [-0.3, -0.25) is 4.90 Å². The smallest absolute Gasteiger partial charge is 0.0247 e. The van der Waals surface area contributed by atoms with Crippen molar-refractivity contribution in [2.75, 3.05) is 13.1 Å². The van der Waals surface area contributed by atoms with E-state index in [1.54, 1.807) is 0 Å². The van der Waals surface area contributed by atoms with E-state index in [0.29, 0.717) is 6.04 Å². The molecule has 1 heterocycles. The van der Waals surface area contributed by atoms with E-state index in [9.17, 15) is 0 Å². The average molecular weight is 339 g/mol. The molecule has 112 valence electrons. The number of nitrogens with zero attached hydrogens (tertiary/aromatic N) is 1. The standard InChI is InChI=1S/C17H27BrN2/c1-4-19-11-15-5-6-16(17(18)10-15)12-20-8-7-13(2)9-14(20)3/h5-6,10,13-14,19H,4,7-9,11-12H2,1-3H3. The van der Waals surface area contributed by atoms with Crippen LogP contribution in [0.5, 0.6) is 0 Å². The lowest BCUT2D eigenvalue weighted by Gasteiger charge is -2.36. The molecule has 0 saturated carbocycles. The van der Waals surface area contributed by atoms with Crippen LogP contribution in [0.1, 0.15) is 44.7 Å². The Kier molecular flexibility index (Phi) is 6.06. The highest BCUT2D eigenvalue weighted by Crippen LogP contribution is 2.26. The number of likely N-dealkylation sites (tertiary alicyclic amines) is 1. The van der Waals surface area contributed by atoms with Crippen LogP contribution in [0.2, 0.25) is 0 Å². The fourth-order valence-electron chi connectivity index (χ4n) is 3.01. The van der Waals surface area contributed by atoms with E-state index in [-0.39, 0.29) is 0 Å². The maximum Gasteiger partial charge on any atom is 0.0247 e. The molecule has 0 radical (unpaired) electrons. The van der Waals surface area contributed by atoms with Crippen molar-refractivity contribution in [3.8, 4) is 0 Å². The molecule has 1 aromatic rings. The van der Waals surface area contributed by atoms with Crippen LogP contribution in [0.4, 0.5) is 0 Å². The fraction of sp³-hybridized carbons (Fsp3) is 0.647. The maximum absolute atomic E-state index is 3.74. The number of piperidine rings is 1. The van der Waals surface area contributed by atoms with Crippen LogP contribution in [0, 0.1) is 5.92 Å². The first-order chi connectivity index (χ1) is 9.60. The van der Waals surface area contributed by atoms with Crippen LogP contribution in [0.25, 0.3) is 0 Å². The molecule has 20 heavy (non-hydrogen) atoms. The predicted molar refractivity (Wildman–Crippen MR) is 89.8 cm³/mol. The molecule has 1 aliphatic heterocycles. The molecule has 1 aliphatic rings. The van der Waals surface area contributed by atoms with Gasteiger partial charge < -0.3 is 5.32 Å². The molecule has 0 amide bonds. The molecule has 1 aromatic carbocycles. The number of halogens is 1. The van der Waals surface area contributed by atoms with E-state index in [4.69, 9.17) is 0 Å². The minimum absolute atomic E-state index is 0.701. The second kappa shape index (κ2) is 7.58. The van der Waals surface area contributed by atoms with Gasteiger partial charge in [0.2, 0.25) is 0 Å². The first kappa shape index (κ1) is 16.0. The summed E-state index contributed by atoms with van der Waals surface area (Å²) in [6.07, 6.45) is 2.66. The lowest BCUT2D eigenvalue weighted by molar-refractivity contribution is 0.122.